The van der Waals surface area contributed by atoms with E-state index in [0.717, 1.165) is 25.3 Å². The van der Waals surface area contributed by atoms with Crippen LogP contribution in [0.5, 0.6) is 0 Å². The maximum atomic E-state index is 4.44. The van der Waals surface area contributed by atoms with Gasteiger partial charge in [0.2, 0.25) is 0 Å². The second kappa shape index (κ2) is 4.18. The molecule has 0 N–H and O–H groups in total. The van der Waals surface area contributed by atoms with Crippen LogP contribution in [0.1, 0.15) is 33.1 Å². The van der Waals surface area contributed by atoms with E-state index in [1.807, 2.05) is 6.92 Å². The zero-order valence-corrected chi connectivity index (χ0v) is 7.35. The van der Waals surface area contributed by atoms with Gasteiger partial charge in [0.15, 0.2) is 0 Å². The van der Waals surface area contributed by atoms with Crippen LogP contribution in [-0.4, -0.2) is 12.3 Å². The normalized spacial score (nSPS) is 22.4. The number of rotatable bonds is 2. The zero-order valence-electron chi connectivity index (χ0n) is 7.35. The van der Waals surface area contributed by atoms with Gasteiger partial charge in [-0.05, 0) is 25.7 Å². The molecule has 1 nitrogen and oxygen atoms in total. The van der Waals surface area contributed by atoms with Crippen molar-refractivity contribution in [1.29, 1.82) is 0 Å². The highest BCUT2D eigenvalue weighted by atomic mass is 14.8. The highest BCUT2D eigenvalue weighted by Gasteiger charge is 2.15. The Morgan fingerprint density at radius 2 is 2.45 bits per heavy atom. The summed E-state index contributed by atoms with van der Waals surface area (Å²) in [5.41, 5.74) is 1.38. The third-order valence-corrected chi connectivity index (χ3v) is 2.07. The zero-order chi connectivity index (χ0) is 8.10. The van der Waals surface area contributed by atoms with Crippen molar-refractivity contribution in [2.75, 3.05) is 6.54 Å². The number of nitrogens with zero attached hydrogens (tertiary/aromatic N) is 1. The maximum Gasteiger partial charge on any atom is 0.0429 e. The largest absolute Gasteiger partial charge is 0.294 e. The highest BCUT2D eigenvalue weighted by Crippen LogP contribution is 2.17. The SMILES string of the molecule is CC#CCC1CN=C(CC)C1. The smallest absolute Gasteiger partial charge is 0.0429 e. The topological polar surface area (TPSA) is 12.4 Å². The predicted octanol–water partition coefficient (Wildman–Crippen LogP) is 2.27. The Kier molecular flexibility index (Phi) is 3.16. The molecule has 0 aromatic carbocycles. The summed E-state index contributed by atoms with van der Waals surface area (Å²) in [6.07, 6.45) is 3.34. The fourth-order valence-corrected chi connectivity index (χ4v) is 1.36. The number of hydrogen-bond donors (Lipinski definition) is 0. The van der Waals surface area contributed by atoms with Crippen LogP contribution in [0.4, 0.5) is 0 Å². The van der Waals surface area contributed by atoms with Crippen molar-refractivity contribution in [3.63, 3.8) is 0 Å². The minimum atomic E-state index is 0.720. The maximum absolute atomic E-state index is 4.44. The van der Waals surface area contributed by atoms with Crippen molar-refractivity contribution >= 4 is 5.71 Å². The van der Waals surface area contributed by atoms with Crippen LogP contribution >= 0.6 is 0 Å². The first-order valence-corrected chi connectivity index (χ1v) is 4.28. The molecular weight excluding hydrogens is 134 g/mol. The third kappa shape index (κ3) is 2.38. The first-order chi connectivity index (χ1) is 5.36. The molecule has 0 aromatic rings. The predicted molar refractivity (Wildman–Crippen MR) is 48.8 cm³/mol. The Bertz CT molecular complexity index is 205. The molecule has 1 unspecified atom stereocenters. The Hall–Kier alpha value is -0.770. The van der Waals surface area contributed by atoms with E-state index >= 15 is 0 Å². The van der Waals surface area contributed by atoms with Crippen LogP contribution in [0.15, 0.2) is 4.99 Å². The average molecular weight is 149 g/mol. The molecule has 11 heavy (non-hydrogen) atoms. The second-order valence-electron chi connectivity index (χ2n) is 2.96. The van der Waals surface area contributed by atoms with E-state index in [4.69, 9.17) is 0 Å². The summed E-state index contributed by atoms with van der Waals surface area (Å²) in [6, 6.07) is 0. The Balaban J connectivity index is 2.28. The lowest BCUT2D eigenvalue weighted by Crippen LogP contribution is -2.00. The summed E-state index contributed by atoms with van der Waals surface area (Å²) in [5.74, 6) is 6.76. The number of aliphatic imine (C=N–C) groups is 1. The summed E-state index contributed by atoms with van der Waals surface area (Å²) in [6.45, 7) is 5.08. The molecule has 1 atom stereocenters. The fourth-order valence-electron chi connectivity index (χ4n) is 1.36. The van der Waals surface area contributed by atoms with E-state index in [1.54, 1.807) is 0 Å². The van der Waals surface area contributed by atoms with Crippen molar-refractivity contribution in [2.24, 2.45) is 10.9 Å². The van der Waals surface area contributed by atoms with E-state index < -0.39 is 0 Å². The highest BCUT2D eigenvalue weighted by molar-refractivity contribution is 5.85. The molecular formula is C10H15N. The molecule has 1 aliphatic heterocycles. The minimum Gasteiger partial charge on any atom is -0.294 e. The van der Waals surface area contributed by atoms with Gasteiger partial charge in [-0.25, -0.2) is 0 Å². The standard InChI is InChI=1S/C10H15N/c1-3-5-6-9-7-10(4-2)11-8-9/h9H,4,6-8H2,1-2H3. The van der Waals surface area contributed by atoms with Gasteiger partial charge in [0.25, 0.3) is 0 Å². The van der Waals surface area contributed by atoms with Crippen molar-refractivity contribution in [2.45, 2.75) is 33.1 Å². The van der Waals surface area contributed by atoms with Gasteiger partial charge < -0.3 is 0 Å². The lowest BCUT2D eigenvalue weighted by atomic mass is 10.0. The summed E-state index contributed by atoms with van der Waals surface area (Å²) in [7, 11) is 0. The first-order valence-electron chi connectivity index (χ1n) is 4.28. The van der Waals surface area contributed by atoms with E-state index in [-0.39, 0.29) is 0 Å². The van der Waals surface area contributed by atoms with Gasteiger partial charge in [0.05, 0.1) is 0 Å². The van der Waals surface area contributed by atoms with Crippen molar-refractivity contribution in [1.82, 2.24) is 0 Å². The van der Waals surface area contributed by atoms with Gasteiger partial charge in [-0.3, -0.25) is 4.99 Å². The van der Waals surface area contributed by atoms with Gasteiger partial charge >= 0.3 is 0 Å². The van der Waals surface area contributed by atoms with Gasteiger partial charge in [-0.15, -0.1) is 11.8 Å². The first kappa shape index (κ1) is 8.33. The van der Waals surface area contributed by atoms with Gasteiger partial charge in [-0.2, -0.15) is 0 Å². The molecule has 0 aliphatic carbocycles. The summed E-state index contributed by atoms with van der Waals surface area (Å²) in [5, 5.41) is 0. The lowest BCUT2D eigenvalue weighted by Gasteiger charge is -2.00. The summed E-state index contributed by atoms with van der Waals surface area (Å²) < 4.78 is 0. The van der Waals surface area contributed by atoms with Crippen molar-refractivity contribution in [3.05, 3.63) is 0 Å². The summed E-state index contributed by atoms with van der Waals surface area (Å²) >= 11 is 0. The Morgan fingerprint density at radius 1 is 1.64 bits per heavy atom. The van der Waals surface area contributed by atoms with Gasteiger partial charge in [-0.1, -0.05) is 6.92 Å². The number of hydrogen-bond acceptors (Lipinski definition) is 1. The van der Waals surface area contributed by atoms with E-state index in [9.17, 15) is 0 Å². The molecule has 1 aliphatic rings. The fraction of sp³-hybridized carbons (Fsp3) is 0.700. The molecule has 0 saturated heterocycles. The second-order valence-corrected chi connectivity index (χ2v) is 2.96. The minimum absolute atomic E-state index is 0.720. The van der Waals surface area contributed by atoms with Crippen LogP contribution in [0.2, 0.25) is 0 Å². The van der Waals surface area contributed by atoms with Crippen molar-refractivity contribution < 1.29 is 0 Å². The van der Waals surface area contributed by atoms with Crippen LogP contribution in [-0.2, 0) is 0 Å². The average Bonchev–Trinajstić information content (AvgIpc) is 2.48. The summed E-state index contributed by atoms with van der Waals surface area (Å²) in [4.78, 5) is 4.44. The molecule has 0 radical (unpaired) electrons. The van der Waals surface area contributed by atoms with Crippen LogP contribution in [0.3, 0.4) is 0 Å². The quantitative estimate of drug-likeness (QED) is 0.534. The monoisotopic (exact) mass is 149 g/mol. The van der Waals surface area contributed by atoms with Crippen LogP contribution in [0, 0.1) is 17.8 Å². The Labute approximate surface area is 68.9 Å². The molecule has 1 heteroatoms. The molecule has 0 spiro atoms. The lowest BCUT2D eigenvalue weighted by molar-refractivity contribution is 0.612. The molecule has 0 fully saturated rings. The molecule has 60 valence electrons. The molecule has 0 aromatic heterocycles. The van der Waals surface area contributed by atoms with E-state index in [2.05, 4.69) is 23.8 Å². The van der Waals surface area contributed by atoms with Crippen LogP contribution < -0.4 is 0 Å². The van der Waals surface area contributed by atoms with E-state index in [0.29, 0.717) is 0 Å². The van der Waals surface area contributed by atoms with Crippen molar-refractivity contribution in [3.8, 4) is 11.8 Å². The molecule has 0 bridgehead atoms. The molecule has 0 saturated carbocycles. The molecule has 0 amide bonds. The molecule has 1 heterocycles. The third-order valence-electron chi connectivity index (χ3n) is 2.07. The Morgan fingerprint density at radius 3 is 3.00 bits per heavy atom. The van der Waals surface area contributed by atoms with E-state index in [1.165, 1.54) is 12.1 Å². The molecule has 1 rings (SSSR count). The van der Waals surface area contributed by atoms with Crippen LogP contribution in [0.25, 0.3) is 0 Å². The van der Waals surface area contributed by atoms with Gasteiger partial charge in [0, 0.05) is 18.7 Å². The van der Waals surface area contributed by atoms with Gasteiger partial charge in [0.1, 0.15) is 0 Å².